The van der Waals surface area contributed by atoms with Gasteiger partial charge in [-0.15, -0.1) is 0 Å². The van der Waals surface area contributed by atoms with Crippen molar-refractivity contribution in [3.63, 3.8) is 0 Å². The first-order valence-corrected chi connectivity index (χ1v) is 4.88. The van der Waals surface area contributed by atoms with Gasteiger partial charge in [0.05, 0.1) is 16.2 Å². The normalized spacial score (nSPS) is 10.4. The van der Waals surface area contributed by atoms with Crippen molar-refractivity contribution in [3.8, 4) is 0 Å². The van der Waals surface area contributed by atoms with Gasteiger partial charge in [-0.05, 0) is 6.07 Å². The molecule has 1 amide bonds. The molecule has 0 saturated heterocycles. The van der Waals surface area contributed by atoms with Crippen molar-refractivity contribution in [3.05, 3.63) is 41.8 Å². The van der Waals surface area contributed by atoms with Crippen LogP contribution >= 0.6 is 11.6 Å². The minimum atomic E-state index is -1.03. The van der Waals surface area contributed by atoms with E-state index in [1.165, 1.54) is 0 Å². The molecule has 0 atom stereocenters. The minimum absolute atomic E-state index is 0.466. The van der Waals surface area contributed by atoms with Gasteiger partial charge in [0.1, 0.15) is 0 Å². The lowest BCUT2D eigenvalue weighted by atomic mass is 10.2. The number of rotatable bonds is 2. The number of anilines is 1. The summed E-state index contributed by atoms with van der Waals surface area (Å²) in [7, 11) is 0. The second kappa shape index (κ2) is 3.98. The molecule has 3 nitrogen and oxygen atoms in total. The summed E-state index contributed by atoms with van der Waals surface area (Å²) in [5, 5.41) is 3.71. The highest BCUT2D eigenvalue weighted by Gasteiger charge is 2.10. The van der Waals surface area contributed by atoms with Crippen LogP contribution in [-0.4, -0.2) is 10.9 Å². The molecule has 16 heavy (non-hydrogen) atoms. The Labute approximate surface area is 95.9 Å². The minimum Gasteiger partial charge on any atom is -0.358 e. The van der Waals surface area contributed by atoms with Crippen molar-refractivity contribution in [1.29, 1.82) is 0 Å². The maximum absolute atomic E-state index is 12.5. The van der Waals surface area contributed by atoms with Gasteiger partial charge in [0.25, 0.3) is 5.91 Å². The lowest BCUT2D eigenvalue weighted by molar-refractivity contribution is -0.114. The van der Waals surface area contributed by atoms with Crippen molar-refractivity contribution < 1.29 is 9.18 Å². The number of carbonyl (C=O) groups excluding carboxylic acids is 1. The summed E-state index contributed by atoms with van der Waals surface area (Å²) in [5.74, 6) is -1.90. The summed E-state index contributed by atoms with van der Waals surface area (Å²) in [5.41, 5.74) is 1.12. The van der Waals surface area contributed by atoms with Gasteiger partial charge in [-0.25, -0.2) is 4.39 Å². The first-order valence-electron chi connectivity index (χ1n) is 4.51. The molecule has 0 bridgehead atoms. The number of hydrogen-bond donors (Lipinski definition) is 2. The maximum Gasteiger partial charge on any atom is 0.283 e. The van der Waals surface area contributed by atoms with Crippen LogP contribution in [0.5, 0.6) is 0 Å². The highest BCUT2D eigenvalue weighted by atomic mass is 35.5. The van der Waals surface area contributed by atoms with Gasteiger partial charge in [-0.2, -0.15) is 0 Å². The molecule has 0 aliphatic carbocycles. The van der Waals surface area contributed by atoms with Gasteiger partial charge in [0, 0.05) is 11.6 Å². The molecule has 82 valence electrons. The average molecular weight is 239 g/mol. The number of amides is 1. The van der Waals surface area contributed by atoms with Gasteiger partial charge in [-0.3, -0.25) is 4.79 Å². The molecular formula is C11H8ClFN2O. The van der Waals surface area contributed by atoms with Gasteiger partial charge in [0.15, 0.2) is 5.83 Å². The predicted octanol–water partition coefficient (Wildman–Crippen LogP) is 3.24. The third-order valence-corrected chi connectivity index (χ3v) is 2.47. The maximum atomic E-state index is 12.5. The van der Waals surface area contributed by atoms with Crippen LogP contribution in [0.3, 0.4) is 0 Å². The lowest BCUT2D eigenvalue weighted by Crippen LogP contribution is -2.11. The van der Waals surface area contributed by atoms with Crippen molar-refractivity contribution in [1.82, 2.24) is 4.98 Å². The molecule has 0 aliphatic heterocycles. The molecule has 1 aromatic carbocycles. The van der Waals surface area contributed by atoms with E-state index in [4.69, 9.17) is 11.6 Å². The molecular weight excluding hydrogens is 231 g/mol. The molecule has 2 N–H and O–H groups in total. The molecule has 0 unspecified atom stereocenters. The number of halogens is 2. The molecule has 0 aliphatic rings. The highest BCUT2D eigenvalue weighted by molar-refractivity contribution is 6.36. The number of aromatic amines is 1. The zero-order chi connectivity index (χ0) is 11.7. The summed E-state index contributed by atoms with van der Waals surface area (Å²) < 4.78 is 12.5. The Hall–Kier alpha value is -1.81. The first kappa shape index (κ1) is 10.7. The standard InChI is InChI=1S/C11H8ClFN2O/c1-6(13)11(16)15-9-4-2-3-7-8(12)5-14-10(7)9/h2-5,14H,1H2,(H,15,16). The van der Waals surface area contributed by atoms with Crippen LogP contribution in [0.15, 0.2) is 36.8 Å². The van der Waals surface area contributed by atoms with Crippen molar-refractivity contribution >= 4 is 34.1 Å². The van der Waals surface area contributed by atoms with Crippen molar-refractivity contribution in [2.24, 2.45) is 0 Å². The van der Waals surface area contributed by atoms with Gasteiger partial charge >= 0.3 is 0 Å². The third-order valence-electron chi connectivity index (χ3n) is 2.16. The quantitative estimate of drug-likeness (QED) is 0.775. The fraction of sp³-hybridized carbons (Fsp3) is 0. The van der Waals surface area contributed by atoms with Crippen LogP contribution in [-0.2, 0) is 4.79 Å². The second-order valence-corrected chi connectivity index (χ2v) is 3.63. The Kier molecular flexibility index (Phi) is 2.66. The third kappa shape index (κ3) is 1.79. The number of aromatic nitrogens is 1. The highest BCUT2D eigenvalue weighted by Crippen LogP contribution is 2.28. The summed E-state index contributed by atoms with van der Waals surface area (Å²) >= 11 is 5.91. The lowest BCUT2D eigenvalue weighted by Gasteiger charge is -2.04. The van der Waals surface area contributed by atoms with Gasteiger partial charge in [0.2, 0.25) is 0 Å². The number of fused-ring (bicyclic) bond motifs is 1. The summed E-state index contributed by atoms with van der Waals surface area (Å²) in [6, 6.07) is 5.17. The fourth-order valence-electron chi connectivity index (χ4n) is 1.41. The van der Waals surface area contributed by atoms with E-state index in [2.05, 4.69) is 16.9 Å². The van der Waals surface area contributed by atoms with Crippen LogP contribution in [0, 0.1) is 0 Å². The molecule has 0 saturated carbocycles. The van der Waals surface area contributed by atoms with Gasteiger partial charge in [-0.1, -0.05) is 30.3 Å². The molecule has 2 rings (SSSR count). The zero-order valence-corrected chi connectivity index (χ0v) is 8.94. The second-order valence-electron chi connectivity index (χ2n) is 3.22. The van der Waals surface area contributed by atoms with Crippen molar-refractivity contribution in [2.45, 2.75) is 0 Å². The predicted molar refractivity (Wildman–Crippen MR) is 62.2 cm³/mol. The van der Waals surface area contributed by atoms with E-state index >= 15 is 0 Å². The topological polar surface area (TPSA) is 44.9 Å². The Bertz CT molecular complexity index is 576. The van der Waals surface area contributed by atoms with Crippen LogP contribution in [0.25, 0.3) is 10.9 Å². The smallest absolute Gasteiger partial charge is 0.283 e. The van der Waals surface area contributed by atoms with E-state index in [1.807, 2.05) is 0 Å². The van der Waals surface area contributed by atoms with E-state index < -0.39 is 11.7 Å². The largest absolute Gasteiger partial charge is 0.358 e. The SMILES string of the molecule is C=C(F)C(=O)Nc1cccc2c(Cl)c[nH]c12. The number of nitrogens with one attached hydrogen (secondary N) is 2. The Morgan fingerprint density at radius 1 is 1.50 bits per heavy atom. The van der Waals surface area contributed by atoms with E-state index in [1.54, 1.807) is 24.4 Å². The van der Waals surface area contributed by atoms with E-state index in [0.717, 1.165) is 5.39 Å². The van der Waals surface area contributed by atoms with E-state index in [-0.39, 0.29) is 0 Å². The molecule has 1 aromatic heterocycles. The monoisotopic (exact) mass is 238 g/mol. The van der Waals surface area contributed by atoms with E-state index in [0.29, 0.717) is 16.2 Å². The van der Waals surface area contributed by atoms with Crippen LogP contribution in [0.4, 0.5) is 10.1 Å². The number of H-pyrrole nitrogens is 1. The van der Waals surface area contributed by atoms with Crippen LogP contribution in [0.2, 0.25) is 5.02 Å². The summed E-state index contributed by atoms with van der Waals surface area (Å²) in [6.45, 7) is 2.92. The Balaban J connectivity index is 2.45. The summed E-state index contributed by atoms with van der Waals surface area (Å²) in [6.07, 6.45) is 1.60. The Morgan fingerprint density at radius 3 is 2.94 bits per heavy atom. The molecule has 5 heteroatoms. The van der Waals surface area contributed by atoms with Crippen LogP contribution < -0.4 is 5.32 Å². The first-order chi connectivity index (χ1) is 7.59. The van der Waals surface area contributed by atoms with Crippen LogP contribution in [0.1, 0.15) is 0 Å². The Morgan fingerprint density at radius 2 is 2.25 bits per heavy atom. The molecule has 0 spiro atoms. The number of benzene rings is 1. The number of carbonyl (C=O) groups is 1. The molecule has 1 heterocycles. The van der Waals surface area contributed by atoms with Crippen molar-refractivity contribution in [2.75, 3.05) is 5.32 Å². The number of hydrogen-bond acceptors (Lipinski definition) is 1. The summed E-state index contributed by atoms with van der Waals surface area (Å²) in [4.78, 5) is 14.0. The van der Waals surface area contributed by atoms with E-state index in [9.17, 15) is 9.18 Å². The zero-order valence-electron chi connectivity index (χ0n) is 8.18. The van der Waals surface area contributed by atoms with Gasteiger partial charge < -0.3 is 10.3 Å². The average Bonchev–Trinajstić information content (AvgIpc) is 2.62. The molecule has 0 fully saturated rings. The number of para-hydroxylation sites is 1. The molecule has 2 aromatic rings. The fourth-order valence-corrected chi connectivity index (χ4v) is 1.63. The molecule has 0 radical (unpaired) electrons.